The number of nitrogens with one attached hydrogen (secondary N) is 1. The normalized spacial score (nSPS) is 18.1. The average molecular weight is 431 g/mol. The minimum Gasteiger partial charge on any atom is -0.310 e. The standard InChI is InChI=1S/C21H26N4O4S/c1-3-16-20(21-22-18(26)9-10-19(27)25(21)23-16)15-8-7-14(2)17(13-15)30(28,29)24-11-5-4-6-12-24/h7-8,13H,3-6,9-12H2,1-2H3,(H,22,26). The quantitative estimate of drug-likeness (QED) is 0.804. The second-order valence-electron chi connectivity index (χ2n) is 7.82. The monoisotopic (exact) mass is 430 g/mol. The average Bonchev–Trinajstić information content (AvgIpc) is 3.04. The molecule has 0 saturated carbocycles. The van der Waals surface area contributed by atoms with Crippen LogP contribution < -0.4 is 5.32 Å². The van der Waals surface area contributed by atoms with Crippen LogP contribution in [0.3, 0.4) is 0 Å². The van der Waals surface area contributed by atoms with Gasteiger partial charge in [0.25, 0.3) is 0 Å². The Kier molecular flexibility index (Phi) is 5.50. The maximum Gasteiger partial charge on any atom is 0.249 e. The SMILES string of the molecule is CCc1nn2c(c1-c1ccc(C)c(S(=O)(=O)N3CCCCC3)c1)NC(=O)CCC2=O. The van der Waals surface area contributed by atoms with Crippen molar-refractivity contribution in [2.75, 3.05) is 18.4 Å². The topological polar surface area (TPSA) is 101 Å². The Hall–Kier alpha value is -2.52. The van der Waals surface area contributed by atoms with Gasteiger partial charge in [-0.1, -0.05) is 25.5 Å². The number of carbonyl (C=O) groups is 2. The van der Waals surface area contributed by atoms with Crippen LogP contribution in [0.4, 0.5) is 5.82 Å². The molecule has 0 spiro atoms. The predicted octanol–water partition coefficient (Wildman–Crippen LogP) is 2.97. The lowest BCUT2D eigenvalue weighted by atomic mass is 10.0. The van der Waals surface area contributed by atoms with Crippen molar-refractivity contribution in [1.82, 2.24) is 14.1 Å². The highest BCUT2D eigenvalue weighted by atomic mass is 32.2. The van der Waals surface area contributed by atoms with E-state index >= 15 is 0 Å². The summed E-state index contributed by atoms with van der Waals surface area (Å²) in [7, 11) is -3.62. The number of sulfonamides is 1. The molecule has 2 aromatic rings. The Labute approximate surface area is 176 Å². The molecule has 2 aliphatic rings. The fourth-order valence-electron chi connectivity index (χ4n) is 4.11. The first-order valence-corrected chi connectivity index (χ1v) is 11.8. The van der Waals surface area contributed by atoms with Gasteiger partial charge < -0.3 is 5.32 Å². The van der Waals surface area contributed by atoms with Crippen LogP contribution in [0, 0.1) is 6.92 Å². The third-order valence-corrected chi connectivity index (χ3v) is 7.80. The lowest BCUT2D eigenvalue weighted by Crippen LogP contribution is -2.35. The maximum absolute atomic E-state index is 13.3. The number of benzene rings is 1. The van der Waals surface area contributed by atoms with Crippen molar-refractivity contribution < 1.29 is 18.0 Å². The lowest BCUT2D eigenvalue weighted by Gasteiger charge is -2.26. The number of piperidine rings is 1. The van der Waals surface area contributed by atoms with Crippen LogP contribution in [-0.4, -0.2) is 47.4 Å². The van der Waals surface area contributed by atoms with Gasteiger partial charge >= 0.3 is 0 Å². The van der Waals surface area contributed by atoms with Gasteiger partial charge in [-0.15, -0.1) is 0 Å². The number of rotatable bonds is 4. The fourth-order valence-corrected chi connectivity index (χ4v) is 5.88. The largest absolute Gasteiger partial charge is 0.310 e. The van der Waals surface area contributed by atoms with Crippen LogP contribution in [0.5, 0.6) is 0 Å². The van der Waals surface area contributed by atoms with Crippen molar-refractivity contribution in [2.45, 2.75) is 57.3 Å². The molecule has 1 aromatic heterocycles. The molecule has 3 heterocycles. The smallest absolute Gasteiger partial charge is 0.249 e. The highest BCUT2D eigenvalue weighted by Crippen LogP contribution is 2.36. The van der Waals surface area contributed by atoms with Crippen molar-refractivity contribution in [2.24, 2.45) is 0 Å². The Morgan fingerprint density at radius 3 is 2.53 bits per heavy atom. The minimum atomic E-state index is -3.62. The van der Waals surface area contributed by atoms with Crippen LogP contribution in [0.15, 0.2) is 23.1 Å². The van der Waals surface area contributed by atoms with E-state index in [2.05, 4.69) is 10.4 Å². The van der Waals surface area contributed by atoms with Crippen molar-refractivity contribution in [3.63, 3.8) is 0 Å². The van der Waals surface area contributed by atoms with Crippen molar-refractivity contribution in [3.8, 4) is 11.1 Å². The zero-order valence-corrected chi connectivity index (χ0v) is 18.1. The summed E-state index contributed by atoms with van der Waals surface area (Å²) in [4.78, 5) is 24.9. The van der Waals surface area contributed by atoms with E-state index in [0.717, 1.165) is 19.3 Å². The molecule has 1 amide bonds. The number of nitrogens with zero attached hydrogens (tertiary/aromatic N) is 3. The third kappa shape index (κ3) is 3.56. The molecule has 2 aliphatic heterocycles. The zero-order valence-electron chi connectivity index (χ0n) is 17.3. The van der Waals surface area contributed by atoms with Gasteiger partial charge in [0.15, 0.2) is 0 Å². The van der Waals surface area contributed by atoms with Gasteiger partial charge in [-0.2, -0.15) is 14.1 Å². The fraction of sp³-hybridized carbons (Fsp3) is 0.476. The summed E-state index contributed by atoms with van der Waals surface area (Å²) in [5.41, 5.74) is 2.55. The molecule has 9 heteroatoms. The first-order chi connectivity index (χ1) is 14.3. The minimum absolute atomic E-state index is 0.0889. The lowest BCUT2D eigenvalue weighted by molar-refractivity contribution is -0.116. The van der Waals surface area contributed by atoms with E-state index < -0.39 is 10.0 Å². The molecule has 1 fully saturated rings. The summed E-state index contributed by atoms with van der Waals surface area (Å²) in [5, 5.41) is 7.21. The number of aromatic nitrogens is 2. The molecule has 0 radical (unpaired) electrons. The van der Waals surface area contributed by atoms with Gasteiger partial charge in [0, 0.05) is 31.5 Å². The van der Waals surface area contributed by atoms with Crippen LogP contribution in [0.25, 0.3) is 11.1 Å². The molecule has 0 aliphatic carbocycles. The molecule has 4 rings (SSSR count). The number of aryl methyl sites for hydroxylation is 2. The Bertz CT molecular complexity index is 1110. The molecule has 1 N–H and O–H groups in total. The van der Waals surface area contributed by atoms with Crippen LogP contribution in [0.2, 0.25) is 0 Å². The van der Waals surface area contributed by atoms with E-state index in [0.29, 0.717) is 47.7 Å². The Morgan fingerprint density at radius 2 is 1.83 bits per heavy atom. The van der Waals surface area contributed by atoms with Gasteiger partial charge in [-0.25, -0.2) is 8.42 Å². The number of anilines is 1. The molecule has 8 nitrogen and oxygen atoms in total. The highest BCUT2D eigenvalue weighted by Gasteiger charge is 2.30. The maximum atomic E-state index is 13.3. The van der Waals surface area contributed by atoms with Gasteiger partial charge in [0.2, 0.25) is 21.8 Å². The van der Waals surface area contributed by atoms with Crippen LogP contribution in [-0.2, 0) is 21.2 Å². The first-order valence-electron chi connectivity index (χ1n) is 10.4. The second-order valence-corrected chi connectivity index (χ2v) is 9.73. The summed E-state index contributed by atoms with van der Waals surface area (Å²) in [6.07, 6.45) is 3.50. The second kappa shape index (κ2) is 7.96. The number of hydrogen-bond donors (Lipinski definition) is 1. The highest BCUT2D eigenvalue weighted by molar-refractivity contribution is 7.89. The van der Waals surface area contributed by atoms with Crippen molar-refractivity contribution in [1.29, 1.82) is 0 Å². The molecule has 1 saturated heterocycles. The molecule has 30 heavy (non-hydrogen) atoms. The van der Waals surface area contributed by atoms with Gasteiger partial charge in [-0.3, -0.25) is 9.59 Å². The third-order valence-electron chi connectivity index (χ3n) is 5.76. The van der Waals surface area contributed by atoms with E-state index in [9.17, 15) is 18.0 Å². The first kappa shape index (κ1) is 20.7. The number of amides is 1. The van der Waals surface area contributed by atoms with Gasteiger partial charge in [0.1, 0.15) is 5.82 Å². The summed E-state index contributed by atoms with van der Waals surface area (Å²) in [6.45, 7) is 4.75. The van der Waals surface area contributed by atoms with E-state index in [1.54, 1.807) is 23.4 Å². The van der Waals surface area contributed by atoms with E-state index in [4.69, 9.17) is 0 Å². The van der Waals surface area contributed by atoms with Crippen molar-refractivity contribution in [3.05, 3.63) is 29.5 Å². The number of carbonyl (C=O) groups excluding carboxylic acids is 2. The molecule has 160 valence electrons. The van der Waals surface area contributed by atoms with E-state index in [1.165, 1.54) is 4.68 Å². The van der Waals surface area contributed by atoms with Crippen LogP contribution in [0.1, 0.15) is 55.1 Å². The molecular weight excluding hydrogens is 404 g/mol. The zero-order chi connectivity index (χ0) is 21.5. The molecule has 1 aromatic carbocycles. The summed E-state index contributed by atoms with van der Waals surface area (Å²) >= 11 is 0. The molecule has 0 unspecified atom stereocenters. The van der Waals surface area contributed by atoms with E-state index in [-0.39, 0.29) is 29.6 Å². The summed E-state index contributed by atoms with van der Waals surface area (Å²) < 4.78 is 29.4. The van der Waals surface area contributed by atoms with Gasteiger partial charge in [0.05, 0.1) is 10.6 Å². The molecule has 0 bridgehead atoms. The van der Waals surface area contributed by atoms with Gasteiger partial charge in [-0.05, 0) is 43.4 Å². The Balaban J connectivity index is 1.86. The summed E-state index contributed by atoms with van der Waals surface area (Å²) in [5.74, 6) is -0.179. The van der Waals surface area contributed by atoms with E-state index in [1.807, 2.05) is 13.0 Å². The Morgan fingerprint density at radius 1 is 1.10 bits per heavy atom. The summed E-state index contributed by atoms with van der Waals surface area (Å²) in [6, 6.07) is 5.25. The van der Waals surface area contributed by atoms with Crippen molar-refractivity contribution >= 4 is 27.7 Å². The van der Waals surface area contributed by atoms with Crippen LogP contribution >= 0.6 is 0 Å². The number of fused-ring (bicyclic) bond motifs is 1. The molecule has 0 atom stereocenters. The predicted molar refractivity (Wildman–Crippen MR) is 113 cm³/mol. The molecular formula is C21H26N4O4S. The number of hydrogen-bond acceptors (Lipinski definition) is 5.